The summed E-state index contributed by atoms with van der Waals surface area (Å²) in [6.07, 6.45) is -1.41. The Bertz CT molecular complexity index is 528. The number of ether oxygens (including phenoxy) is 1. The number of nitrogens with one attached hydrogen (secondary N) is 1. The van der Waals surface area contributed by atoms with Gasteiger partial charge < -0.3 is 15.0 Å². The van der Waals surface area contributed by atoms with E-state index in [4.69, 9.17) is 0 Å². The van der Waals surface area contributed by atoms with Gasteiger partial charge in [0.2, 0.25) is 5.91 Å². The Morgan fingerprint density at radius 2 is 2.04 bits per heavy atom. The van der Waals surface area contributed by atoms with E-state index < -0.39 is 6.36 Å². The number of carbonyl (C=O) groups excluding carboxylic acids is 1. The molecule has 1 aromatic rings. The highest BCUT2D eigenvalue weighted by atomic mass is 19.4. The third kappa shape index (κ3) is 5.74. The van der Waals surface area contributed by atoms with Crippen molar-refractivity contribution >= 4 is 11.6 Å². The zero-order chi connectivity index (χ0) is 16.9. The number of carbonyl (C=O) groups is 1. The van der Waals surface area contributed by atoms with Crippen LogP contribution in [0.5, 0.6) is 5.75 Å². The van der Waals surface area contributed by atoms with Gasteiger partial charge in [-0.2, -0.15) is 0 Å². The molecule has 0 saturated carbocycles. The first-order valence-electron chi connectivity index (χ1n) is 7.68. The molecule has 1 fully saturated rings. The lowest BCUT2D eigenvalue weighted by molar-refractivity contribution is -0.274. The van der Waals surface area contributed by atoms with Crippen LogP contribution in [0, 0.1) is 5.92 Å². The summed E-state index contributed by atoms with van der Waals surface area (Å²) >= 11 is 0. The van der Waals surface area contributed by atoms with Gasteiger partial charge in [0.15, 0.2) is 0 Å². The summed E-state index contributed by atoms with van der Waals surface area (Å²) in [5.41, 5.74) is 0.391. The molecular formula is C16H21F3N2O2. The third-order valence-corrected chi connectivity index (χ3v) is 4.04. The first kappa shape index (κ1) is 17.6. The quantitative estimate of drug-likeness (QED) is 0.900. The van der Waals surface area contributed by atoms with Crippen molar-refractivity contribution in [1.29, 1.82) is 0 Å². The second-order valence-corrected chi connectivity index (χ2v) is 5.73. The average molecular weight is 330 g/mol. The SMILES string of the molecule is CN(C(=O)CCC1CCNCC1)c1cccc(OC(F)(F)F)c1. The van der Waals surface area contributed by atoms with Crippen LogP contribution in [-0.2, 0) is 4.79 Å². The van der Waals surface area contributed by atoms with E-state index in [1.54, 1.807) is 13.1 Å². The number of nitrogens with zero attached hydrogens (tertiary/aromatic N) is 1. The van der Waals surface area contributed by atoms with Crippen LogP contribution in [-0.4, -0.2) is 32.4 Å². The Balaban J connectivity index is 1.91. The number of amides is 1. The molecule has 128 valence electrons. The van der Waals surface area contributed by atoms with Crippen molar-refractivity contribution in [3.05, 3.63) is 24.3 Å². The Morgan fingerprint density at radius 3 is 2.70 bits per heavy atom. The number of anilines is 1. The van der Waals surface area contributed by atoms with E-state index in [-0.39, 0.29) is 11.7 Å². The smallest absolute Gasteiger partial charge is 0.406 e. The summed E-state index contributed by atoms with van der Waals surface area (Å²) in [4.78, 5) is 13.6. The molecule has 23 heavy (non-hydrogen) atoms. The van der Waals surface area contributed by atoms with Crippen LogP contribution in [0.3, 0.4) is 0 Å². The van der Waals surface area contributed by atoms with Crippen LogP contribution in [0.15, 0.2) is 24.3 Å². The van der Waals surface area contributed by atoms with Gasteiger partial charge in [0.25, 0.3) is 0 Å². The number of alkyl halides is 3. The molecule has 0 aromatic heterocycles. The molecule has 0 unspecified atom stereocenters. The fourth-order valence-corrected chi connectivity index (χ4v) is 2.70. The zero-order valence-electron chi connectivity index (χ0n) is 13.0. The molecule has 0 bridgehead atoms. The van der Waals surface area contributed by atoms with Crippen LogP contribution >= 0.6 is 0 Å². The van der Waals surface area contributed by atoms with Crippen molar-refractivity contribution in [3.8, 4) is 5.75 Å². The molecule has 4 nitrogen and oxygen atoms in total. The lowest BCUT2D eigenvalue weighted by atomic mass is 9.93. The Labute approximate surface area is 133 Å². The van der Waals surface area contributed by atoms with Gasteiger partial charge in [0, 0.05) is 25.2 Å². The summed E-state index contributed by atoms with van der Waals surface area (Å²) in [5, 5.41) is 3.27. The molecular weight excluding hydrogens is 309 g/mol. The largest absolute Gasteiger partial charge is 0.573 e. The van der Waals surface area contributed by atoms with Crippen molar-refractivity contribution in [2.24, 2.45) is 5.92 Å². The molecule has 1 N–H and O–H groups in total. The lowest BCUT2D eigenvalue weighted by Gasteiger charge is -2.24. The van der Waals surface area contributed by atoms with Crippen molar-refractivity contribution in [2.75, 3.05) is 25.0 Å². The van der Waals surface area contributed by atoms with E-state index in [2.05, 4.69) is 10.1 Å². The Hall–Kier alpha value is -1.76. The Kier molecular flexibility index (Phi) is 5.87. The fourth-order valence-electron chi connectivity index (χ4n) is 2.70. The van der Waals surface area contributed by atoms with E-state index in [0.717, 1.165) is 32.4 Å². The standard InChI is InChI=1S/C16H21F3N2O2/c1-21(15(22)6-5-12-7-9-20-10-8-12)13-3-2-4-14(11-13)23-16(17,18)19/h2-4,11-12,20H,5-10H2,1H3. The summed E-state index contributed by atoms with van der Waals surface area (Å²) in [5.74, 6) is 0.106. The Morgan fingerprint density at radius 1 is 1.35 bits per heavy atom. The number of hydrogen-bond acceptors (Lipinski definition) is 3. The highest BCUT2D eigenvalue weighted by Crippen LogP contribution is 2.27. The van der Waals surface area contributed by atoms with E-state index in [9.17, 15) is 18.0 Å². The van der Waals surface area contributed by atoms with E-state index in [1.807, 2.05) is 0 Å². The highest BCUT2D eigenvalue weighted by Gasteiger charge is 2.31. The van der Waals surface area contributed by atoms with Gasteiger partial charge in [-0.05, 0) is 50.4 Å². The maximum atomic E-state index is 12.3. The summed E-state index contributed by atoms with van der Waals surface area (Å²) < 4.78 is 40.6. The summed E-state index contributed by atoms with van der Waals surface area (Å²) in [6.45, 7) is 1.96. The van der Waals surface area contributed by atoms with Gasteiger partial charge >= 0.3 is 6.36 Å². The topological polar surface area (TPSA) is 41.6 Å². The molecule has 1 heterocycles. The average Bonchev–Trinajstić information content (AvgIpc) is 2.51. The van der Waals surface area contributed by atoms with Gasteiger partial charge in [0.1, 0.15) is 5.75 Å². The van der Waals surface area contributed by atoms with Crippen molar-refractivity contribution in [3.63, 3.8) is 0 Å². The van der Waals surface area contributed by atoms with Gasteiger partial charge in [0.05, 0.1) is 0 Å². The van der Waals surface area contributed by atoms with Gasteiger partial charge in [-0.25, -0.2) is 0 Å². The minimum atomic E-state index is -4.74. The van der Waals surface area contributed by atoms with Crippen LogP contribution in [0.4, 0.5) is 18.9 Å². The third-order valence-electron chi connectivity index (χ3n) is 4.04. The number of halogens is 3. The molecule has 0 aliphatic carbocycles. The van der Waals surface area contributed by atoms with Crippen LogP contribution in [0.25, 0.3) is 0 Å². The maximum Gasteiger partial charge on any atom is 0.573 e. The summed E-state index contributed by atoms with van der Waals surface area (Å²) in [6, 6.07) is 5.46. The molecule has 0 atom stereocenters. The second kappa shape index (κ2) is 7.68. The van der Waals surface area contributed by atoms with Crippen molar-refractivity contribution in [2.45, 2.75) is 32.0 Å². The summed E-state index contributed by atoms with van der Waals surface area (Å²) in [7, 11) is 1.57. The molecule has 1 amide bonds. The van der Waals surface area contributed by atoms with E-state index in [1.165, 1.54) is 23.1 Å². The molecule has 1 aliphatic heterocycles. The second-order valence-electron chi connectivity index (χ2n) is 5.73. The molecule has 0 spiro atoms. The number of piperidine rings is 1. The lowest BCUT2D eigenvalue weighted by Crippen LogP contribution is -2.30. The van der Waals surface area contributed by atoms with Gasteiger partial charge in [-0.3, -0.25) is 4.79 Å². The van der Waals surface area contributed by atoms with Crippen LogP contribution < -0.4 is 15.0 Å². The molecule has 1 saturated heterocycles. The molecule has 2 rings (SSSR count). The monoisotopic (exact) mass is 330 g/mol. The normalized spacial score (nSPS) is 16.2. The molecule has 0 radical (unpaired) electrons. The number of rotatable bonds is 5. The van der Waals surface area contributed by atoms with Crippen LogP contribution in [0.2, 0.25) is 0 Å². The van der Waals surface area contributed by atoms with E-state index >= 15 is 0 Å². The van der Waals surface area contributed by atoms with Crippen molar-refractivity contribution < 1.29 is 22.7 Å². The molecule has 1 aromatic carbocycles. The van der Waals surface area contributed by atoms with E-state index in [0.29, 0.717) is 18.0 Å². The van der Waals surface area contributed by atoms with Crippen LogP contribution in [0.1, 0.15) is 25.7 Å². The predicted molar refractivity (Wildman–Crippen MR) is 81.4 cm³/mol. The molecule has 7 heteroatoms. The maximum absolute atomic E-state index is 12.3. The minimum Gasteiger partial charge on any atom is -0.406 e. The highest BCUT2D eigenvalue weighted by molar-refractivity contribution is 5.92. The number of hydrogen-bond donors (Lipinski definition) is 1. The van der Waals surface area contributed by atoms with Crippen molar-refractivity contribution in [1.82, 2.24) is 5.32 Å². The molecule has 1 aliphatic rings. The minimum absolute atomic E-state index is 0.104. The zero-order valence-corrected chi connectivity index (χ0v) is 13.0. The van der Waals surface area contributed by atoms with Gasteiger partial charge in [-0.1, -0.05) is 6.07 Å². The first-order chi connectivity index (χ1) is 10.8. The predicted octanol–water partition coefficient (Wildman–Crippen LogP) is 3.33. The van der Waals surface area contributed by atoms with Gasteiger partial charge in [-0.15, -0.1) is 13.2 Å². The number of benzene rings is 1. The first-order valence-corrected chi connectivity index (χ1v) is 7.68. The fraction of sp³-hybridized carbons (Fsp3) is 0.562.